The zero-order chi connectivity index (χ0) is 65.0. The molecule has 0 radical (unpaired) electrons. The minimum Gasteiger partial charge on any atom is -0.549 e. The van der Waals surface area contributed by atoms with Crippen LogP contribution in [0.2, 0.25) is 0 Å². The number of benzene rings is 1. The summed E-state index contributed by atoms with van der Waals surface area (Å²) in [5.41, 5.74) is -1.66. The summed E-state index contributed by atoms with van der Waals surface area (Å²) >= 11 is 0. The normalized spacial score (nSPS) is 16.4. The number of H-pyrrole nitrogens is 1. The topological polar surface area (TPSA) is 491 Å². The van der Waals surface area contributed by atoms with E-state index in [1.165, 1.54) is 34.1 Å². The van der Waals surface area contributed by atoms with E-state index in [1.807, 2.05) is 0 Å². The molecule has 1 aromatic heterocycles. The van der Waals surface area contributed by atoms with Gasteiger partial charge >= 0.3 is 11.9 Å². The summed E-state index contributed by atoms with van der Waals surface area (Å²) in [5, 5.41) is 86.7. The average Bonchev–Trinajstić information content (AvgIpc) is 4.06. The van der Waals surface area contributed by atoms with Gasteiger partial charge < -0.3 is 86.5 Å². The predicted octanol–water partition coefficient (Wildman–Crippen LogP) is -8.12. The maximum absolute atomic E-state index is 13.9. The van der Waals surface area contributed by atoms with Crippen LogP contribution in [0, 0.1) is 17.8 Å². The number of aromatic nitrogens is 2. The van der Waals surface area contributed by atoms with Gasteiger partial charge in [-0.1, -0.05) is 30.3 Å². The molecule has 32 nitrogen and oxygen atoms in total. The number of anilines is 2. The number of imidazole rings is 1. The van der Waals surface area contributed by atoms with Crippen molar-refractivity contribution in [1.82, 2.24) is 45.5 Å². The van der Waals surface area contributed by atoms with E-state index in [2.05, 4.69) is 36.6 Å². The number of aliphatic carboxylic acids is 5. The molecular weight excluding hydrogens is 1160 g/mol. The van der Waals surface area contributed by atoms with E-state index in [9.17, 15) is 103 Å². The second-order valence-corrected chi connectivity index (χ2v) is 21.3. The van der Waals surface area contributed by atoms with Gasteiger partial charge in [0, 0.05) is 122 Å². The van der Waals surface area contributed by atoms with E-state index >= 15 is 0 Å². The van der Waals surface area contributed by atoms with Crippen LogP contribution < -0.4 is 52.8 Å². The van der Waals surface area contributed by atoms with Gasteiger partial charge in [-0.2, -0.15) is 0 Å². The smallest absolute Gasteiger partial charge is 0.328 e. The first-order chi connectivity index (χ1) is 41.8. The molecule has 3 aromatic rings. The fraction of sp³-hybridized carbons (Fsp3) is 0.554. The summed E-state index contributed by atoms with van der Waals surface area (Å²) in [5.74, 6) is -16.8. The fourth-order valence-corrected chi connectivity index (χ4v) is 9.81. The second-order valence-electron chi connectivity index (χ2n) is 21.3. The number of nitrogens with zero attached hydrogens (tertiary/aromatic N) is 5. The van der Waals surface area contributed by atoms with Crippen LogP contribution in [-0.4, -0.2) is 244 Å². The number of carboxylic acid groups (broad SMARTS) is 5. The molecular formula is C56H74N11O21-3. The quantitative estimate of drug-likeness (QED) is 0.0144. The van der Waals surface area contributed by atoms with Crippen molar-refractivity contribution in [3.8, 4) is 0 Å². The number of rotatable bonds is 39. The Morgan fingerprint density at radius 3 is 1.73 bits per heavy atom. The van der Waals surface area contributed by atoms with Crippen molar-refractivity contribution in [3.63, 3.8) is 0 Å². The molecule has 32 heteroatoms. The molecule has 1 fully saturated rings. The molecule has 7 atom stereocenters. The van der Waals surface area contributed by atoms with Gasteiger partial charge in [-0.25, -0.2) is 9.78 Å². The number of aliphatic hydroxyl groups is 2. The van der Waals surface area contributed by atoms with Crippen LogP contribution >= 0.6 is 0 Å². The van der Waals surface area contributed by atoms with Crippen molar-refractivity contribution in [1.29, 1.82) is 0 Å². The summed E-state index contributed by atoms with van der Waals surface area (Å²) in [4.78, 5) is 190. The number of amides is 3. The molecule has 0 saturated carbocycles. The maximum atomic E-state index is 13.9. The standard InChI is InChI=1S/C56H77N11O21/c1-33(43(72)23-36(21-38-26-57-32-60-38)54(84)62-40(30-69)44(73)24-35(20-34-6-3-2-4-7-34)53(83)63-41(31-70)55(85)86)61-52(82)37(25-45(74)75)22-39(71)27-59-49-48(50(80)51(49)81)58-9-5-8-42(56(87)88)67-16-14-64(18-19-68)10-11-65(28-46(76)77)12-13-66(15-17-67)29-47(78)79/h2-4,6-7,19,26,32-33,35-37,40-42,58-59,69-70H,5,8-18,20-25,27-31H2,1H3,(H,57,60)(H,61,82)(H,62,84)(H,63,83)(H,74,75)(H,76,77)(H,78,79)(H,85,86)(H,87,88)/p-3/t33-,35+,36+,37-,40-,41-,42?/m0/s1. The van der Waals surface area contributed by atoms with Gasteiger partial charge in [0.25, 0.3) is 10.9 Å². The molecule has 1 aliphatic heterocycles. The molecule has 4 rings (SSSR count). The van der Waals surface area contributed by atoms with Crippen LogP contribution in [0.1, 0.15) is 56.7 Å². The largest absolute Gasteiger partial charge is 0.549 e. The Morgan fingerprint density at radius 2 is 1.19 bits per heavy atom. The fourth-order valence-electron chi connectivity index (χ4n) is 9.81. The van der Waals surface area contributed by atoms with E-state index < -0.39 is 176 Å². The van der Waals surface area contributed by atoms with Gasteiger partial charge in [0.15, 0.2) is 17.3 Å². The minimum atomic E-state index is -1.70. The lowest BCUT2D eigenvalue weighted by Gasteiger charge is -2.37. The Morgan fingerprint density at radius 1 is 0.659 bits per heavy atom. The highest BCUT2D eigenvalue weighted by Gasteiger charge is 2.35. The monoisotopic (exact) mass is 1240 g/mol. The van der Waals surface area contributed by atoms with Crippen molar-refractivity contribution >= 4 is 82.6 Å². The molecule has 2 heterocycles. The lowest BCUT2D eigenvalue weighted by atomic mass is 9.90. The molecule has 482 valence electrons. The third-order valence-corrected chi connectivity index (χ3v) is 14.7. The average molecular weight is 1240 g/mol. The van der Waals surface area contributed by atoms with Crippen LogP contribution in [0.3, 0.4) is 0 Å². The van der Waals surface area contributed by atoms with Gasteiger partial charge in [0.2, 0.25) is 17.7 Å². The van der Waals surface area contributed by atoms with Gasteiger partial charge in [0.05, 0.1) is 74.8 Å². The lowest BCUT2D eigenvalue weighted by Crippen LogP contribution is -2.54. The molecule has 0 aliphatic carbocycles. The molecule has 0 bridgehead atoms. The molecule has 2 aromatic carbocycles. The van der Waals surface area contributed by atoms with Gasteiger partial charge in [0.1, 0.15) is 29.7 Å². The first-order valence-electron chi connectivity index (χ1n) is 28.3. The SMILES string of the molecule is C[C@H](NC(=O)[C@H](CC(=O)O)CC(=O)CNc1c(NCCCC(C(=O)[O-])N2CCN(CC=O)CCN(CC(=O)[O-])CCN(CC(=O)[O-])CC2)c(=O)c1=O)C(=O)C[C@@H](Cc1cnc[nH]1)C(=O)N[C@@H](CO)C(=O)C[C@@H](Cc1ccccc1)C(=O)N[C@@H](CO)C(=O)O. The summed E-state index contributed by atoms with van der Waals surface area (Å²) < 4.78 is 0. The number of aldehydes is 1. The number of ketones is 3. The minimum absolute atomic E-state index is 0.00571. The number of hydrogen-bond donors (Lipinski definition) is 10. The third kappa shape index (κ3) is 23.9. The Labute approximate surface area is 503 Å². The number of carbonyl (C=O) groups is 12. The Bertz CT molecular complexity index is 2960. The number of carbonyl (C=O) groups excluding carboxylic acids is 10. The highest BCUT2D eigenvalue weighted by molar-refractivity contribution is 5.97. The van der Waals surface area contributed by atoms with E-state index in [0.29, 0.717) is 17.5 Å². The highest BCUT2D eigenvalue weighted by Crippen LogP contribution is 2.20. The summed E-state index contributed by atoms with van der Waals surface area (Å²) in [6, 6.07) is 2.28. The second kappa shape index (κ2) is 36.5. The molecule has 10 N–H and O–H groups in total. The molecule has 0 spiro atoms. The summed E-state index contributed by atoms with van der Waals surface area (Å²) in [6.45, 7) is -1.78. The molecule has 88 heavy (non-hydrogen) atoms. The van der Waals surface area contributed by atoms with Crippen LogP contribution in [0.15, 0.2) is 52.4 Å². The first-order valence-corrected chi connectivity index (χ1v) is 28.3. The molecule has 1 aliphatic rings. The van der Waals surface area contributed by atoms with E-state index in [4.69, 9.17) is 0 Å². The van der Waals surface area contributed by atoms with E-state index in [1.54, 1.807) is 35.2 Å². The number of carboxylic acids is 5. The van der Waals surface area contributed by atoms with Gasteiger partial charge in [-0.05, 0) is 31.7 Å². The Balaban J connectivity index is 1.37. The van der Waals surface area contributed by atoms with Crippen LogP contribution in [0.5, 0.6) is 0 Å². The number of hydrogen-bond acceptors (Lipinski definition) is 26. The zero-order valence-corrected chi connectivity index (χ0v) is 48.4. The van der Waals surface area contributed by atoms with Crippen molar-refractivity contribution in [2.24, 2.45) is 17.8 Å². The molecule has 1 unspecified atom stereocenters. The lowest BCUT2D eigenvalue weighted by molar-refractivity contribution is -0.312. The van der Waals surface area contributed by atoms with Crippen molar-refractivity contribution in [2.45, 2.75) is 82.5 Å². The summed E-state index contributed by atoms with van der Waals surface area (Å²) in [6.07, 6.45) is 0.0412. The first kappa shape index (κ1) is 71.8. The van der Waals surface area contributed by atoms with Crippen LogP contribution in [-0.2, 0) is 70.4 Å². The van der Waals surface area contributed by atoms with Crippen molar-refractivity contribution in [3.05, 3.63) is 74.6 Å². The zero-order valence-electron chi connectivity index (χ0n) is 48.4. The van der Waals surface area contributed by atoms with Gasteiger partial charge in [-0.15, -0.1) is 0 Å². The van der Waals surface area contributed by atoms with E-state index in [-0.39, 0.29) is 103 Å². The van der Waals surface area contributed by atoms with Crippen LogP contribution in [0.25, 0.3) is 0 Å². The maximum Gasteiger partial charge on any atom is 0.328 e. The van der Waals surface area contributed by atoms with E-state index in [0.717, 1.165) is 0 Å². The molecule has 3 amide bonds. The Kier molecular flexibility index (Phi) is 29.7. The van der Waals surface area contributed by atoms with Crippen molar-refractivity contribution < 1.29 is 93.3 Å². The summed E-state index contributed by atoms with van der Waals surface area (Å²) in [7, 11) is 0. The van der Waals surface area contributed by atoms with Crippen LogP contribution in [0.4, 0.5) is 11.4 Å². The number of aromatic amines is 1. The van der Waals surface area contributed by atoms with Gasteiger partial charge in [-0.3, -0.25) is 62.8 Å². The predicted molar refractivity (Wildman–Crippen MR) is 301 cm³/mol. The van der Waals surface area contributed by atoms with Crippen molar-refractivity contribution in [2.75, 3.05) is 109 Å². The number of aliphatic hydroxyl groups excluding tert-OH is 2. The molecule has 1 saturated heterocycles. The third-order valence-electron chi connectivity index (χ3n) is 14.7. The number of Topliss-reactive ketones (excluding diaryl/α,β-unsaturated/α-hetero) is 3. The number of nitrogens with one attached hydrogen (secondary N) is 6. The Hall–Kier alpha value is -8.69. The highest BCUT2D eigenvalue weighted by atomic mass is 16.4.